The maximum absolute atomic E-state index is 12.6. The Morgan fingerprint density at radius 3 is 2.54 bits per heavy atom. The minimum Gasteiger partial charge on any atom is -0.375 e. The summed E-state index contributed by atoms with van der Waals surface area (Å²) in [7, 11) is 0. The molecule has 0 saturated carbocycles. The molecule has 2 aliphatic rings. The van der Waals surface area contributed by atoms with E-state index in [1.807, 2.05) is 23.1 Å². The molecule has 148 valence electrons. The first-order valence-corrected chi connectivity index (χ1v) is 10.4. The monoisotopic (exact) mass is 379 g/mol. The molecule has 1 amide bonds. The molecule has 4 rings (SSSR count). The lowest BCUT2D eigenvalue weighted by molar-refractivity contribution is 0.0313. The lowest BCUT2D eigenvalue weighted by Crippen LogP contribution is -2.49. The minimum atomic E-state index is 0.0585. The highest BCUT2D eigenvalue weighted by molar-refractivity contribution is 5.92. The molecule has 5 heteroatoms. The maximum atomic E-state index is 12.6. The van der Waals surface area contributed by atoms with Gasteiger partial charge in [0.1, 0.15) is 5.69 Å². The fourth-order valence-corrected chi connectivity index (χ4v) is 4.46. The van der Waals surface area contributed by atoms with Crippen molar-refractivity contribution in [2.45, 2.75) is 44.4 Å². The third kappa shape index (κ3) is 4.59. The van der Waals surface area contributed by atoms with E-state index in [2.05, 4.69) is 34.1 Å². The van der Waals surface area contributed by atoms with Crippen LogP contribution in [0.15, 0.2) is 54.7 Å². The van der Waals surface area contributed by atoms with Crippen molar-refractivity contribution in [3.63, 3.8) is 0 Å². The van der Waals surface area contributed by atoms with Gasteiger partial charge in [-0.3, -0.25) is 14.7 Å². The fraction of sp³-hybridized carbons (Fsp3) is 0.478. The molecular formula is C23H29N3O2. The number of nitrogens with zero attached hydrogens (tertiary/aromatic N) is 3. The predicted molar refractivity (Wildman–Crippen MR) is 109 cm³/mol. The largest absolute Gasteiger partial charge is 0.375 e. The highest BCUT2D eigenvalue weighted by atomic mass is 16.5. The Kier molecular flexibility index (Phi) is 6.34. The van der Waals surface area contributed by atoms with Gasteiger partial charge in [0.2, 0.25) is 0 Å². The van der Waals surface area contributed by atoms with Crippen molar-refractivity contribution in [1.29, 1.82) is 0 Å². The van der Waals surface area contributed by atoms with Gasteiger partial charge in [-0.1, -0.05) is 36.4 Å². The number of aromatic nitrogens is 1. The Bertz CT molecular complexity index is 745. The zero-order chi connectivity index (χ0) is 19.2. The van der Waals surface area contributed by atoms with Crippen molar-refractivity contribution in [2.75, 3.05) is 26.2 Å². The summed E-state index contributed by atoms with van der Waals surface area (Å²) in [5, 5.41) is 0. The van der Waals surface area contributed by atoms with Crippen molar-refractivity contribution in [2.24, 2.45) is 0 Å². The summed E-state index contributed by atoms with van der Waals surface area (Å²) in [5.74, 6) is 0.0585. The summed E-state index contributed by atoms with van der Waals surface area (Å²) >= 11 is 0. The van der Waals surface area contributed by atoms with Crippen molar-refractivity contribution < 1.29 is 9.53 Å². The molecule has 1 aromatic carbocycles. The van der Waals surface area contributed by atoms with Crippen LogP contribution in [0.3, 0.4) is 0 Å². The van der Waals surface area contributed by atoms with Crippen LogP contribution in [0.4, 0.5) is 0 Å². The second kappa shape index (κ2) is 9.30. The third-order valence-corrected chi connectivity index (χ3v) is 5.95. The lowest BCUT2D eigenvalue weighted by Gasteiger charge is -2.39. The van der Waals surface area contributed by atoms with E-state index in [1.165, 1.54) is 18.4 Å². The fourth-order valence-electron chi connectivity index (χ4n) is 4.46. The quantitative estimate of drug-likeness (QED) is 0.772. The van der Waals surface area contributed by atoms with E-state index < -0.39 is 0 Å². The first kappa shape index (κ1) is 19.1. The Labute approximate surface area is 167 Å². The first-order chi connectivity index (χ1) is 13.8. The van der Waals surface area contributed by atoms with Crippen LogP contribution in [0.1, 0.15) is 41.7 Å². The highest BCUT2D eigenvalue weighted by Crippen LogP contribution is 2.27. The summed E-state index contributed by atoms with van der Waals surface area (Å²) in [6.07, 6.45) is 6.21. The molecule has 0 unspecified atom stereocenters. The molecule has 2 saturated heterocycles. The van der Waals surface area contributed by atoms with E-state index in [0.29, 0.717) is 24.4 Å². The standard InChI is InChI=1S/C23H29N3O2/c27-23(22-10-4-5-13-24-22)25-15-11-20(12-16-25)26-14-6-9-21(26)18-28-17-19-7-2-1-3-8-19/h1-5,7-8,10,13,20-21H,6,9,11-12,14-18H2/t21-/m1/s1. The molecule has 0 N–H and O–H groups in total. The summed E-state index contributed by atoms with van der Waals surface area (Å²) in [5.41, 5.74) is 1.78. The van der Waals surface area contributed by atoms with Gasteiger partial charge < -0.3 is 9.64 Å². The van der Waals surface area contributed by atoms with Crippen LogP contribution >= 0.6 is 0 Å². The molecule has 2 aliphatic heterocycles. The average molecular weight is 380 g/mol. The Morgan fingerprint density at radius 2 is 1.79 bits per heavy atom. The van der Waals surface area contributed by atoms with E-state index in [4.69, 9.17) is 4.74 Å². The summed E-state index contributed by atoms with van der Waals surface area (Å²) in [4.78, 5) is 21.4. The average Bonchev–Trinajstić information content (AvgIpc) is 3.23. The van der Waals surface area contributed by atoms with Gasteiger partial charge in [0.05, 0.1) is 13.2 Å². The Hall–Kier alpha value is -2.24. The second-order valence-electron chi connectivity index (χ2n) is 7.77. The maximum Gasteiger partial charge on any atom is 0.272 e. The number of piperidine rings is 1. The van der Waals surface area contributed by atoms with Crippen LogP contribution in [-0.2, 0) is 11.3 Å². The second-order valence-corrected chi connectivity index (χ2v) is 7.77. The van der Waals surface area contributed by atoms with Crippen molar-refractivity contribution in [3.8, 4) is 0 Å². The van der Waals surface area contributed by atoms with Crippen molar-refractivity contribution >= 4 is 5.91 Å². The smallest absolute Gasteiger partial charge is 0.272 e. The molecule has 5 nitrogen and oxygen atoms in total. The molecule has 0 aliphatic carbocycles. The van der Waals surface area contributed by atoms with Gasteiger partial charge in [-0.2, -0.15) is 0 Å². The van der Waals surface area contributed by atoms with Gasteiger partial charge in [-0.15, -0.1) is 0 Å². The molecule has 28 heavy (non-hydrogen) atoms. The third-order valence-electron chi connectivity index (χ3n) is 5.95. The topological polar surface area (TPSA) is 45.7 Å². The molecular weight excluding hydrogens is 350 g/mol. The molecule has 0 spiro atoms. The molecule has 2 fully saturated rings. The van der Waals surface area contributed by atoms with Crippen molar-refractivity contribution in [1.82, 2.24) is 14.8 Å². The molecule has 2 aromatic rings. The van der Waals surface area contributed by atoms with Crippen LogP contribution in [0.2, 0.25) is 0 Å². The SMILES string of the molecule is O=C(c1ccccn1)N1CCC(N2CCC[C@@H]2COCc2ccccc2)CC1. The number of ether oxygens (including phenoxy) is 1. The van der Waals surface area contributed by atoms with Crippen molar-refractivity contribution in [3.05, 3.63) is 66.0 Å². The van der Waals surface area contributed by atoms with Crippen LogP contribution < -0.4 is 0 Å². The van der Waals surface area contributed by atoms with E-state index in [0.717, 1.165) is 39.1 Å². The first-order valence-electron chi connectivity index (χ1n) is 10.4. The number of likely N-dealkylation sites (tertiary alicyclic amines) is 2. The number of benzene rings is 1. The summed E-state index contributed by atoms with van der Waals surface area (Å²) < 4.78 is 6.03. The van der Waals surface area contributed by atoms with E-state index in [9.17, 15) is 4.79 Å². The summed E-state index contributed by atoms with van der Waals surface area (Å²) in [6, 6.07) is 16.9. The number of carbonyl (C=O) groups excluding carboxylic acids is 1. The number of amides is 1. The number of carbonyl (C=O) groups is 1. The number of rotatable bonds is 6. The van der Waals surface area contributed by atoms with Gasteiger partial charge in [-0.25, -0.2) is 0 Å². The molecule has 1 aromatic heterocycles. The minimum absolute atomic E-state index is 0.0585. The van der Waals surface area contributed by atoms with Gasteiger partial charge in [0.25, 0.3) is 5.91 Å². The van der Waals surface area contributed by atoms with Crippen LogP contribution in [0.5, 0.6) is 0 Å². The van der Waals surface area contributed by atoms with Gasteiger partial charge in [0.15, 0.2) is 0 Å². The Morgan fingerprint density at radius 1 is 1.00 bits per heavy atom. The number of hydrogen-bond acceptors (Lipinski definition) is 4. The van der Waals surface area contributed by atoms with Gasteiger partial charge in [0, 0.05) is 31.4 Å². The normalized spacial score (nSPS) is 21.1. The lowest BCUT2D eigenvalue weighted by atomic mass is 10.0. The zero-order valence-corrected chi connectivity index (χ0v) is 16.4. The molecule has 1 atom stereocenters. The predicted octanol–water partition coefficient (Wildman–Crippen LogP) is 3.37. The van der Waals surface area contributed by atoms with Crippen LogP contribution in [-0.4, -0.2) is 59.0 Å². The van der Waals surface area contributed by atoms with Crippen LogP contribution in [0, 0.1) is 0 Å². The number of pyridine rings is 1. The van der Waals surface area contributed by atoms with Crippen LogP contribution in [0.25, 0.3) is 0 Å². The molecule has 0 bridgehead atoms. The highest BCUT2D eigenvalue weighted by Gasteiger charge is 2.34. The van der Waals surface area contributed by atoms with E-state index in [-0.39, 0.29) is 5.91 Å². The Balaban J connectivity index is 1.26. The number of hydrogen-bond donors (Lipinski definition) is 0. The van der Waals surface area contributed by atoms with Gasteiger partial charge in [-0.05, 0) is 49.9 Å². The van der Waals surface area contributed by atoms with E-state index in [1.54, 1.807) is 12.3 Å². The van der Waals surface area contributed by atoms with Gasteiger partial charge >= 0.3 is 0 Å². The molecule has 3 heterocycles. The molecule has 0 radical (unpaired) electrons. The van der Waals surface area contributed by atoms with E-state index >= 15 is 0 Å². The summed E-state index contributed by atoms with van der Waals surface area (Å²) in [6.45, 7) is 4.25. The zero-order valence-electron chi connectivity index (χ0n) is 16.4.